The van der Waals surface area contributed by atoms with Gasteiger partial charge in [-0.2, -0.15) is 0 Å². The van der Waals surface area contributed by atoms with E-state index in [1.807, 2.05) is 13.0 Å². The van der Waals surface area contributed by atoms with Crippen molar-refractivity contribution >= 4 is 5.91 Å². The smallest absolute Gasteiger partial charge is 0.271 e. The van der Waals surface area contributed by atoms with Crippen molar-refractivity contribution in [3.05, 3.63) is 42.2 Å². The zero-order chi connectivity index (χ0) is 16.2. The Bertz CT molecular complexity index is 659. The van der Waals surface area contributed by atoms with Gasteiger partial charge >= 0.3 is 0 Å². The number of aliphatic hydroxyl groups excluding tert-OH is 1. The van der Waals surface area contributed by atoms with E-state index in [0.29, 0.717) is 37.4 Å². The van der Waals surface area contributed by atoms with E-state index in [1.165, 1.54) is 12.5 Å². The van der Waals surface area contributed by atoms with Crippen molar-refractivity contribution in [2.24, 2.45) is 0 Å². The van der Waals surface area contributed by atoms with Crippen LogP contribution < -0.4 is 4.74 Å². The predicted molar refractivity (Wildman–Crippen MR) is 83.1 cm³/mol. The molecule has 23 heavy (non-hydrogen) atoms. The zero-order valence-electron chi connectivity index (χ0n) is 13.0. The molecule has 7 heteroatoms. The number of likely N-dealkylation sites (tertiary alicyclic amines) is 1. The van der Waals surface area contributed by atoms with Gasteiger partial charge in [-0.1, -0.05) is 0 Å². The summed E-state index contributed by atoms with van der Waals surface area (Å²) in [5.41, 5.74) is 1.25. The van der Waals surface area contributed by atoms with Gasteiger partial charge in [0, 0.05) is 25.7 Å². The van der Waals surface area contributed by atoms with E-state index >= 15 is 0 Å². The number of nitrogens with zero attached hydrogens (tertiary/aromatic N) is 3. The van der Waals surface area contributed by atoms with Gasteiger partial charge in [-0.3, -0.25) is 9.78 Å². The van der Waals surface area contributed by atoms with Crippen LogP contribution in [-0.2, 0) is 0 Å². The van der Waals surface area contributed by atoms with Crippen molar-refractivity contribution in [3.63, 3.8) is 0 Å². The molecular formula is C16H20N4O3. The maximum atomic E-state index is 12.4. The minimum absolute atomic E-state index is 0.104. The summed E-state index contributed by atoms with van der Waals surface area (Å²) < 4.78 is 5.93. The van der Waals surface area contributed by atoms with E-state index in [9.17, 15) is 9.90 Å². The topological polar surface area (TPSA) is 91.3 Å². The highest BCUT2D eigenvalue weighted by molar-refractivity contribution is 5.92. The second kappa shape index (κ2) is 6.78. The number of rotatable bonds is 3. The lowest BCUT2D eigenvalue weighted by molar-refractivity contribution is 0.0343. The zero-order valence-corrected chi connectivity index (χ0v) is 13.0. The second-order valence-electron chi connectivity index (χ2n) is 5.65. The van der Waals surface area contributed by atoms with Crippen LogP contribution in [0.2, 0.25) is 0 Å². The van der Waals surface area contributed by atoms with Gasteiger partial charge in [0.05, 0.1) is 24.3 Å². The fourth-order valence-electron chi connectivity index (χ4n) is 2.70. The molecule has 3 rings (SSSR count). The third-order valence-electron chi connectivity index (χ3n) is 4.06. The number of aromatic nitrogens is 3. The Morgan fingerprint density at radius 3 is 3.00 bits per heavy atom. The third-order valence-corrected chi connectivity index (χ3v) is 4.06. The van der Waals surface area contributed by atoms with Crippen LogP contribution in [0.5, 0.6) is 5.75 Å². The number of carbonyl (C=O) groups is 1. The number of hydrogen-bond donors (Lipinski definition) is 2. The average Bonchev–Trinajstić information content (AvgIpc) is 3.03. The Hall–Kier alpha value is -2.41. The molecule has 0 bridgehead atoms. The van der Waals surface area contributed by atoms with Crippen LogP contribution in [0.4, 0.5) is 0 Å². The van der Waals surface area contributed by atoms with Gasteiger partial charge < -0.3 is 19.7 Å². The number of aliphatic hydroxyl groups is 1. The minimum atomic E-state index is -0.617. The number of pyridine rings is 1. The van der Waals surface area contributed by atoms with Crippen molar-refractivity contribution < 1.29 is 14.6 Å². The Morgan fingerprint density at radius 2 is 2.26 bits per heavy atom. The van der Waals surface area contributed by atoms with Gasteiger partial charge in [-0.25, -0.2) is 4.98 Å². The molecule has 0 unspecified atom stereocenters. The fourth-order valence-corrected chi connectivity index (χ4v) is 2.70. The number of aromatic amines is 1. The monoisotopic (exact) mass is 316 g/mol. The number of carbonyl (C=O) groups excluding carboxylic acids is 1. The Morgan fingerprint density at radius 1 is 1.43 bits per heavy atom. The maximum Gasteiger partial charge on any atom is 0.271 e. The minimum Gasteiger partial charge on any atom is -0.486 e. The summed E-state index contributed by atoms with van der Waals surface area (Å²) in [6, 6.07) is 3.65. The lowest BCUT2D eigenvalue weighted by Crippen LogP contribution is -2.33. The summed E-state index contributed by atoms with van der Waals surface area (Å²) >= 11 is 0. The van der Waals surface area contributed by atoms with Crippen LogP contribution in [0.3, 0.4) is 0 Å². The molecule has 0 aliphatic carbocycles. The Kier molecular flexibility index (Phi) is 4.57. The molecule has 0 saturated carbocycles. The van der Waals surface area contributed by atoms with Gasteiger partial charge in [0.25, 0.3) is 5.91 Å². The van der Waals surface area contributed by atoms with E-state index in [2.05, 4.69) is 15.0 Å². The first-order valence-corrected chi connectivity index (χ1v) is 7.69. The lowest BCUT2D eigenvalue weighted by Gasteiger charge is -2.22. The molecule has 3 heterocycles. The van der Waals surface area contributed by atoms with E-state index in [0.717, 1.165) is 5.69 Å². The number of imidazole rings is 1. The van der Waals surface area contributed by atoms with Gasteiger partial charge in [0.15, 0.2) is 0 Å². The van der Waals surface area contributed by atoms with Crippen LogP contribution in [0, 0.1) is 6.92 Å². The summed E-state index contributed by atoms with van der Waals surface area (Å²) in [5, 5.41) is 10.3. The van der Waals surface area contributed by atoms with E-state index in [4.69, 9.17) is 4.74 Å². The number of nitrogens with one attached hydrogen (secondary N) is 1. The van der Waals surface area contributed by atoms with Crippen molar-refractivity contribution in [1.29, 1.82) is 0 Å². The van der Waals surface area contributed by atoms with E-state index < -0.39 is 6.10 Å². The van der Waals surface area contributed by atoms with E-state index in [-0.39, 0.29) is 12.0 Å². The molecule has 0 spiro atoms. The Labute approximate surface area is 134 Å². The van der Waals surface area contributed by atoms with Crippen LogP contribution in [0.1, 0.15) is 29.0 Å². The molecular weight excluding hydrogens is 296 g/mol. The standard InChI is InChI=1S/C16H20N4O3/c1-11-14(3-2-6-18-11)23-15-5-8-20(7-4-13(15)21)16(22)12-9-17-10-19-12/h2-3,6,9-10,13,15,21H,4-5,7-8H2,1H3,(H,17,19)/t13-,15-/m0/s1. The number of hydrogen-bond acceptors (Lipinski definition) is 5. The molecule has 1 saturated heterocycles. The second-order valence-corrected chi connectivity index (χ2v) is 5.65. The van der Waals surface area contributed by atoms with Crippen LogP contribution in [0.25, 0.3) is 0 Å². The quantitative estimate of drug-likeness (QED) is 0.886. The van der Waals surface area contributed by atoms with Gasteiger partial charge in [0.1, 0.15) is 17.5 Å². The highest BCUT2D eigenvalue weighted by Gasteiger charge is 2.29. The number of H-pyrrole nitrogens is 1. The maximum absolute atomic E-state index is 12.4. The first kappa shape index (κ1) is 15.5. The fraction of sp³-hybridized carbons (Fsp3) is 0.438. The number of aryl methyl sites for hydroxylation is 1. The highest BCUT2D eigenvalue weighted by atomic mass is 16.5. The largest absolute Gasteiger partial charge is 0.486 e. The van der Waals surface area contributed by atoms with Crippen molar-refractivity contribution in [2.75, 3.05) is 13.1 Å². The highest BCUT2D eigenvalue weighted by Crippen LogP contribution is 2.22. The molecule has 0 radical (unpaired) electrons. The normalized spacial score (nSPS) is 21.7. The summed E-state index contributed by atoms with van der Waals surface area (Å²) in [6.45, 7) is 2.89. The summed E-state index contributed by atoms with van der Waals surface area (Å²) in [5.74, 6) is 0.567. The van der Waals surface area contributed by atoms with Crippen molar-refractivity contribution in [2.45, 2.75) is 32.0 Å². The van der Waals surface area contributed by atoms with Crippen LogP contribution in [-0.4, -0.2) is 56.2 Å². The first-order valence-electron chi connectivity index (χ1n) is 7.69. The number of ether oxygens (including phenoxy) is 1. The molecule has 122 valence electrons. The van der Waals surface area contributed by atoms with Crippen LogP contribution in [0.15, 0.2) is 30.9 Å². The molecule has 1 aliphatic heterocycles. The van der Waals surface area contributed by atoms with Gasteiger partial charge in [-0.15, -0.1) is 0 Å². The molecule has 1 amide bonds. The molecule has 2 aromatic rings. The molecule has 2 N–H and O–H groups in total. The summed E-state index contributed by atoms with van der Waals surface area (Å²) in [7, 11) is 0. The summed E-state index contributed by atoms with van der Waals surface area (Å²) in [4.78, 5) is 25.0. The Balaban J connectivity index is 1.66. The molecule has 1 aliphatic rings. The molecule has 2 atom stereocenters. The lowest BCUT2D eigenvalue weighted by atomic mass is 10.1. The summed E-state index contributed by atoms with van der Waals surface area (Å²) in [6.07, 6.45) is 4.77. The molecule has 2 aromatic heterocycles. The predicted octanol–water partition coefficient (Wildman–Crippen LogP) is 1.16. The third kappa shape index (κ3) is 3.50. The van der Waals surface area contributed by atoms with Gasteiger partial charge in [-0.05, 0) is 25.5 Å². The molecule has 7 nitrogen and oxygen atoms in total. The molecule has 0 aromatic carbocycles. The average molecular weight is 316 g/mol. The molecule has 1 fully saturated rings. The van der Waals surface area contributed by atoms with Crippen molar-refractivity contribution in [1.82, 2.24) is 19.9 Å². The number of amides is 1. The van der Waals surface area contributed by atoms with Crippen molar-refractivity contribution in [3.8, 4) is 5.75 Å². The van der Waals surface area contributed by atoms with E-state index in [1.54, 1.807) is 17.2 Å². The van der Waals surface area contributed by atoms with Gasteiger partial charge in [0.2, 0.25) is 0 Å². The van der Waals surface area contributed by atoms with Crippen LogP contribution >= 0.6 is 0 Å². The first-order chi connectivity index (χ1) is 11.1. The SMILES string of the molecule is Cc1ncccc1O[C@H]1CCN(C(=O)c2cnc[nH]2)CC[C@@H]1O.